The number of methoxy groups -OCH3 is 1. The molecule has 1 aromatic carbocycles. The normalized spacial score (nSPS) is 23.0. The van der Waals surface area contributed by atoms with Crippen LogP contribution >= 0.6 is 11.6 Å². The Morgan fingerprint density at radius 2 is 1.95 bits per heavy atom. The average Bonchev–Trinajstić information content (AvgIpc) is 2.89. The summed E-state index contributed by atoms with van der Waals surface area (Å²) in [7, 11) is 3.29. The highest BCUT2D eigenvalue weighted by Crippen LogP contribution is 2.34. The molecule has 1 saturated heterocycles. The maximum Gasteiger partial charge on any atom is 0.407 e. The number of alkyl carbamates (subject to hydrolysis) is 1. The summed E-state index contributed by atoms with van der Waals surface area (Å²) in [4.78, 5) is 25.0. The fourth-order valence-corrected chi connectivity index (χ4v) is 5.93. The maximum atomic E-state index is 13.4. The van der Waals surface area contributed by atoms with Crippen LogP contribution in [0.2, 0.25) is 5.02 Å². The van der Waals surface area contributed by atoms with Crippen molar-refractivity contribution in [1.29, 1.82) is 0 Å². The number of carbonyl (C=O) groups excluding carboxylic acids is 2. The van der Waals surface area contributed by atoms with Gasteiger partial charge in [-0.05, 0) is 50.4 Å². The summed E-state index contributed by atoms with van der Waals surface area (Å²) in [5.41, 5.74) is 0.969. The van der Waals surface area contributed by atoms with Gasteiger partial charge >= 0.3 is 6.09 Å². The van der Waals surface area contributed by atoms with Crippen molar-refractivity contribution in [2.75, 3.05) is 40.4 Å². The van der Waals surface area contributed by atoms with E-state index in [4.69, 9.17) is 21.1 Å². The predicted molar refractivity (Wildman–Crippen MR) is 147 cm³/mol. The number of likely N-dealkylation sites (N-methyl/N-ethyl adjacent to an activating group) is 1. The van der Waals surface area contributed by atoms with Gasteiger partial charge in [-0.25, -0.2) is 4.79 Å². The van der Waals surface area contributed by atoms with Crippen LogP contribution < -0.4 is 21.3 Å². The topological polar surface area (TPSA) is 101 Å². The van der Waals surface area contributed by atoms with Gasteiger partial charge in [0.05, 0.1) is 31.8 Å². The van der Waals surface area contributed by atoms with E-state index in [9.17, 15) is 9.59 Å². The number of ether oxygens (including phenoxy) is 2. The summed E-state index contributed by atoms with van der Waals surface area (Å²) >= 11 is 6.31. The summed E-state index contributed by atoms with van der Waals surface area (Å²) in [6.07, 6.45) is 7.48. The third-order valence-corrected chi connectivity index (χ3v) is 7.81. The zero-order valence-electron chi connectivity index (χ0n) is 22.6. The quantitative estimate of drug-likeness (QED) is 0.322. The molecule has 37 heavy (non-hydrogen) atoms. The molecule has 9 heteroatoms. The first kappa shape index (κ1) is 29.7. The number of benzene rings is 1. The van der Waals surface area contributed by atoms with Crippen LogP contribution in [0.4, 0.5) is 4.79 Å². The Labute approximate surface area is 227 Å². The number of rotatable bonds is 12. The molecule has 0 aromatic heterocycles. The van der Waals surface area contributed by atoms with Crippen molar-refractivity contribution in [2.45, 2.75) is 70.1 Å². The summed E-state index contributed by atoms with van der Waals surface area (Å²) in [5.74, 6) is 0.749. The molecular weight excluding hydrogens is 492 g/mol. The average molecular weight is 537 g/mol. The lowest BCUT2D eigenvalue weighted by atomic mass is 9.82. The van der Waals surface area contributed by atoms with E-state index in [0.29, 0.717) is 30.5 Å². The molecule has 4 N–H and O–H groups in total. The monoisotopic (exact) mass is 536 g/mol. The molecule has 208 valence electrons. The van der Waals surface area contributed by atoms with Crippen molar-refractivity contribution in [1.82, 2.24) is 21.3 Å². The molecule has 5 atom stereocenters. The predicted octanol–water partition coefficient (Wildman–Crippen LogP) is 4.04. The number of halogens is 1. The molecule has 1 heterocycles. The van der Waals surface area contributed by atoms with Gasteiger partial charge in [0.2, 0.25) is 5.91 Å². The smallest absolute Gasteiger partial charge is 0.407 e. The van der Waals surface area contributed by atoms with Crippen LogP contribution in [0.3, 0.4) is 0 Å². The van der Waals surface area contributed by atoms with Crippen molar-refractivity contribution in [3.05, 3.63) is 34.9 Å². The molecule has 1 saturated carbocycles. The second-order valence-electron chi connectivity index (χ2n) is 10.7. The van der Waals surface area contributed by atoms with Gasteiger partial charge in [-0.1, -0.05) is 55.8 Å². The van der Waals surface area contributed by atoms with Crippen LogP contribution in [0.25, 0.3) is 0 Å². The number of carbonyl (C=O) groups is 2. The van der Waals surface area contributed by atoms with Gasteiger partial charge in [0, 0.05) is 36.6 Å². The van der Waals surface area contributed by atoms with E-state index in [1.54, 1.807) is 0 Å². The first-order valence-electron chi connectivity index (χ1n) is 13.8. The van der Waals surface area contributed by atoms with Gasteiger partial charge in [-0.15, -0.1) is 0 Å². The van der Waals surface area contributed by atoms with Gasteiger partial charge < -0.3 is 30.7 Å². The fourth-order valence-electron chi connectivity index (χ4n) is 5.73. The van der Waals surface area contributed by atoms with E-state index in [2.05, 4.69) is 21.3 Å². The summed E-state index contributed by atoms with van der Waals surface area (Å²) in [6.45, 7) is 4.36. The highest BCUT2D eigenvalue weighted by atomic mass is 35.5. The number of nitrogens with one attached hydrogen (secondary N) is 4. The molecule has 0 bridgehead atoms. The molecule has 2 amide bonds. The Kier molecular flexibility index (Phi) is 12.5. The Balaban J connectivity index is 1.65. The Hall–Kier alpha value is -1.87. The van der Waals surface area contributed by atoms with Crippen LogP contribution in [0.5, 0.6) is 0 Å². The highest BCUT2D eigenvalue weighted by Gasteiger charge is 2.34. The third-order valence-electron chi connectivity index (χ3n) is 7.58. The molecule has 1 aliphatic heterocycles. The van der Waals surface area contributed by atoms with E-state index < -0.39 is 6.09 Å². The largest absolute Gasteiger partial charge is 0.453 e. The summed E-state index contributed by atoms with van der Waals surface area (Å²) in [5, 5.41) is 13.5. The summed E-state index contributed by atoms with van der Waals surface area (Å²) < 4.78 is 11.1. The van der Waals surface area contributed by atoms with Crippen molar-refractivity contribution in [3.8, 4) is 0 Å². The Morgan fingerprint density at radius 3 is 2.65 bits per heavy atom. The summed E-state index contributed by atoms with van der Waals surface area (Å²) in [6, 6.07) is 7.59. The van der Waals surface area contributed by atoms with Gasteiger partial charge in [0.1, 0.15) is 0 Å². The first-order valence-corrected chi connectivity index (χ1v) is 14.1. The van der Waals surface area contributed by atoms with Gasteiger partial charge in [-0.3, -0.25) is 4.79 Å². The minimum absolute atomic E-state index is 0.0781. The maximum absolute atomic E-state index is 13.4. The van der Waals surface area contributed by atoms with Crippen LogP contribution in [0, 0.1) is 17.8 Å². The lowest BCUT2D eigenvalue weighted by Gasteiger charge is -2.36. The number of piperidine rings is 1. The molecule has 0 spiro atoms. The molecular formula is C28H45ClN4O4. The molecule has 1 aliphatic carbocycles. The molecule has 2 fully saturated rings. The van der Waals surface area contributed by atoms with E-state index in [-0.39, 0.29) is 35.9 Å². The van der Waals surface area contributed by atoms with Crippen LogP contribution in [-0.4, -0.2) is 64.5 Å². The first-order chi connectivity index (χ1) is 17.9. The van der Waals surface area contributed by atoms with Crippen molar-refractivity contribution in [3.63, 3.8) is 0 Å². The van der Waals surface area contributed by atoms with E-state index in [0.717, 1.165) is 25.1 Å². The lowest BCUT2D eigenvalue weighted by molar-refractivity contribution is -0.127. The fraction of sp³-hybridized carbons (Fsp3) is 0.714. The number of hydrogen-bond acceptors (Lipinski definition) is 6. The SMILES string of the molecule is CNC[C@@H](CC1CCCCC1)NC(=O)C1CNCC([C@@H](OCC(C)NC(=O)OC)c2cccc(Cl)c2)C1. The molecule has 0 radical (unpaired) electrons. The standard InChI is InChI=1S/C28H45ClN4O4/c1-19(32-28(35)36-3)18-37-26(21-10-7-11-24(29)14-21)22-13-23(16-31-15-22)27(34)33-25(17-30-2)12-20-8-5-4-6-9-20/h7,10-11,14,19-20,22-23,25-26,30-31H,4-6,8-9,12-13,15-18H2,1-3H3,(H,32,35)(H,33,34)/t19?,22?,23?,25-,26+/m1/s1. The zero-order chi connectivity index (χ0) is 26.6. The third kappa shape index (κ3) is 9.74. The minimum atomic E-state index is -0.490. The second-order valence-corrected chi connectivity index (χ2v) is 11.1. The van der Waals surface area contributed by atoms with Crippen LogP contribution in [0.15, 0.2) is 24.3 Å². The second kappa shape index (κ2) is 15.5. The lowest BCUT2D eigenvalue weighted by Crippen LogP contribution is -2.50. The number of hydrogen-bond donors (Lipinski definition) is 4. The molecule has 2 aliphatic rings. The van der Waals surface area contributed by atoms with Gasteiger partial charge in [-0.2, -0.15) is 0 Å². The molecule has 8 nitrogen and oxygen atoms in total. The molecule has 3 unspecified atom stereocenters. The highest BCUT2D eigenvalue weighted by molar-refractivity contribution is 6.30. The minimum Gasteiger partial charge on any atom is -0.453 e. The van der Waals surface area contributed by atoms with Crippen molar-refractivity contribution >= 4 is 23.6 Å². The van der Waals surface area contributed by atoms with Crippen molar-refractivity contribution < 1.29 is 19.1 Å². The number of amides is 2. The van der Waals surface area contributed by atoms with Crippen molar-refractivity contribution in [2.24, 2.45) is 17.8 Å². The van der Waals surface area contributed by atoms with Crippen LogP contribution in [0.1, 0.15) is 63.5 Å². The van der Waals surface area contributed by atoms with Gasteiger partial charge in [0.25, 0.3) is 0 Å². The van der Waals surface area contributed by atoms with Crippen LogP contribution in [-0.2, 0) is 14.3 Å². The molecule has 3 rings (SSSR count). The van der Waals surface area contributed by atoms with E-state index in [1.165, 1.54) is 39.2 Å². The molecule has 1 aromatic rings. The zero-order valence-corrected chi connectivity index (χ0v) is 23.3. The van der Waals surface area contributed by atoms with E-state index in [1.807, 2.05) is 38.2 Å². The Morgan fingerprint density at radius 1 is 1.16 bits per heavy atom. The Bertz CT molecular complexity index is 851. The van der Waals surface area contributed by atoms with Gasteiger partial charge in [0.15, 0.2) is 0 Å². The van der Waals surface area contributed by atoms with E-state index >= 15 is 0 Å².